The fraction of sp³-hybridized carbons (Fsp3) is 0.182. The van der Waals surface area contributed by atoms with Gasteiger partial charge in [-0.3, -0.25) is 4.98 Å². The zero-order chi connectivity index (χ0) is 19.5. The van der Waals surface area contributed by atoms with Gasteiger partial charge in [0.1, 0.15) is 11.5 Å². The summed E-state index contributed by atoms with van der Waals surface area (Å²) in [5, 5.41) is 4.23. The van der Waals surface area contributed by atoms with Crippen LogP contribution >= 0.6 is 11.3 Å². The van der Waals surface area contributed by atoms with Crippen molar-refractivity contribution in [1.29, 1.82) is 0 Å². The van der Waals surface area contributed by atoms with Gasteiger partial charge < -0.3 is 14.8 Å². The Morgan fingerprint density at radius 2 is 1.75 bits per heavy atom. The first-order chi connectivity index (χ1) is 13.6. The minimum absolute atomic E-state index is 0.164. The number of thiazole rings is 1. The van der Waals surface area contributed by atoms with E-state index in [-0.39, 0.29) is 6.10 Å². The van der Waals surface area contributed by atoms with Crippen LogP contribution in [0, 0.1) is 0 Å². The molecule has 28 heavy (non-hydrogen) atoms. The highest BCUT2D eigenvalue weighted by molar-refractivity contribution is 7.22. The number of nitrogens with one attached hydrogen (secondary N) is 1. The van der Waals surface area contributed by atoms with E-state index in [0.717, 1.165) is 43.7 Å². The van der Waals surface area contributed by atoms with E-state index >= 15 is 0 Å². The summed E-state index contributed by atoms with van der Waals surface area (Å²) in [6, 6.07) is 16.1. The van der Waals surface area contributed by atoms with Crippen molar-refractivity contribution in [2.45, 2.75) is 20.0 Å². The second kappa shape index (κ2) is 7.86. The largest absolute Gasteiger partial charge is 0.495 e. The predicted octanol–water partition coefficient (Wildman–Crippen LogP) is 5.90. The summed E-state index contributed by atoms with van der Waals surface area (Å²) in [5.74, 6) is 1.61. The first kappa shape index (κ1) is 18.3. The molecule has 0 bridgehead atoms. The van der Waals surface area contributed by atoms with Crippen LogP contribution < -0.4 is 14.8 Å². The minimum atomic E-state index is 0.164. The molecule has 0 aliphatic heterocycles. The lowest BCUT2D eigenvalue weighted by atomic mass is 10.1. The molecule has 0 spiro atoms. The van der Waals surface area contributed by atoms with Crippen LogP contribution in [0.3, 0.4) is 0 Å². The van der Waals surface area contributed by atoms with Crippen molar-refractivity contribution in [3.8, 4) is 22.6 Å². The maximum atomic E-state index is 5.68. The van der Waals surface area contributed by atoms with Gasteiger partial charge in [-0.05, 0) is 61.9 Å². The average molecular weight is 391 g/mol. The van der Waals surface area contributed by atoms with Crippen molar-refractivity contribution in [3.63, 3.8) is 0 Å². The van der Waals surface area contributed by atoms with Crippen LogP contribution in [0.5, 0.6) is 11.5 Å². The molecule has 2 heterocycles. The van der Waals surface area contributed by atoms with Crippen LogP contribution in [0.15, 0.2) is 60.9 Å². The Bertz CT molecular complexity index is 1090. The Hall–Kier alpha value is -3.12. The first-order valence-corrected chi connectivity index (χ1v) is 9.86. The Kier molecular flexibility index (Phi) is 5.12. The summed E-state index contributed by atoms with van der Waals surface area (Å²) in [4.78, 5) is 8.92. The van der Waals surface area contributed by atoms with Gasteiger partial charge >= 0.3 is 0 Å². The van der Waals surface area contributed by atoms with Crippen LogP contribution in [0.1, 0.15) is 13.8 Å². The zero-order valence-electron chi connectivity index (χ0n) is 16.0. The molecule has 4 aromatic rings. The molecule has 1 N–H and O–H groups in total. The van der Waals surface area contributed by atoms with Crippen molar-refractivity contribution in [2.24, 2.45) is 0 Å². The van der Waals surface area contributed by atoms with Gasteiger partial charge in [0.05, 0.1) is 29.6 Å². The Balaban J connectivity index is 1.56. The number of pyridine rings is 1. The maximum absolute atomic E-state index is 5.68. The molecular weight excluding hydrogens is 370 g/mol. The lowest BCUT2D eigenvalue weighted by Crippen LogP contribution is -2.05. The van der Waals surface area contributed by atoms with Crippen molar-refractivity contribution in [2.75, 3.05) is 12.4 Å². The van der Waals surface area contributed by atoms with E-state index in [0.29, 0.717) is 0 Å². The van der Waals surface area contributed by atoms with Gasteiger partial charge in [0, 0.05) is 17.4 Å². The van der Waals surface area contributed by atoms with Gasteiger partial charge in [-0.2, -0.15) is 0 Å². The third-order valence-electron chi connectivity index (χ3n) is 4.15. The lowest BCUT2D eigenvalue weighted by molar-refractivity contribution is 0.242. The van der Waals surface area contributed by atoms with E-state index < -0.39 is 0 Å². The molecule has 2 aromatic carbocycles. The number of hydrogen-bond donors (Lipinski definition) is 1. The normalized spacial score (nSPS) is 11.0. The topological polar surface area (TPSA) is 56.3 Å². The average Bonchev–Trinajstić information content (AvgIpc) is 3.10. The maximum Gasteiger partial charge on any atom is 0.188 e. The molecule has 0 unspecified atom stereocenters. The van der Waals surface area contributed by atoms with Crippen LogP contribution in [0.25, 0.3) is 21.3 Å². The quantitative estimate of drug-likeness (QED) is 0.444. The number of fused-ring (bicyclic) bond motifs is 1. The van der Waals surface area contributed by atoms with Gasteiger partial charge in [0.25, 0.3) is 0 Å². The molecule has 0 aliphatic rings. The Morgan fingerprint density at radius 1 is 0.929 bits per heavy atom. The van der Waals surface area contributed by atoms with Crippen LogP contribution in [-0.2, 0) is 0 Å². The molecule has 0 aliphatic carbocycles. The highest BCUT2D eigenvalue weighted by atomic mass is 32.1. The van der Waals surface area contributed by atoms with E-state index in [1.807, 2.05) is 56.4 Å². The molecule has 0 atom stereocenters. The number of ether oxygens (including phenoxy) is 2. The first-order valence-electron chi connectivity index (χ1n) is 9.04. The van der Waals surface area contributed by atoms with E-state index in [4.69, 9.17) is 9.47 Å². The fourth-order valence-electron chi connectivity index (χ4n) is 2.86. The Labute approximate surface area is 168 Å². The van der Waals surface area contributed by atoms with E-state index in [1.165, 1.54) is 0 Å². The fourth-order valence-corrected chi connectivity index (χ4v) is 3.78. The Morgan fingerprint density at radius 3 is 2.50 bits per heavy atom. The van der Waals surface area contributed by atoms with Gasteiger partial charge in [-0.1, -0.05) is 17.4 Å². The molecule has 0 amide bonds. The molecule has 0 saturated heterocycles. The molecule has 0 radical (unpaired) electrons. The summed E-state index contributed by atoms with van der Waals surface area (Å²) < 4.78 is 12.1. The minimum Gasteiger partial charge on any atom is -0.495 e. The van der Waals surface area contributed by atoms with E-state index in [1.54, 1.807) is 24.6 Å². The molecule has 2 aromatic heterocycles. The monoisotopic (exact) mass is 391 g/mol. The van der Waals surface area contributed by atoms with E-state index in [2.05, 4.69) is 27.4 Å². The summed E-state index contributed by atoms with van der Waals surface area (Å²) >= 11 is 1.62. The summed E-state index contributed by atoms with van der Waals surface area (Å²) in [6.07, 6.45) is 3.70. The summed E-state index contributed by atoms with van der Waals surface area (Å²) in [5.41, 5.74) is 4.05. The van der Waals surface area contributed by atoms with Gasteiger partial charge in [0.2, 0.25) is 0 Å². The van der Waals surface area contributed by atoms with Crippen molar-refractivity contribution in [3.05, 3.63) is 60.9 Å². The lowest BCUT2D eigenvalue weighted by Gasteiger charge is -2.10. The van der Waals surface area contributed by atoms with Crippen molar-refractivity contribution < 1.29 is 9.47 Å². The van der Waals surface area contributed by atoms with Crippen molar-refractivity contribution >= 4 is 32.4 Å². The molecule has 4 rings (SSSR count). The highest BCUT2D eigenvalue weighted by Crippen LogP contribution is 2.32. The highest BCUT2D eigenvalue weighted by Gasteiger charge is 2.08. The summed E-state index contributed by atoms with van der Waals surface area (Å²) in [7, 11) is 1.65. The molecule has 5 nitrogen and oxygen atoms in total. The number of benzene rings is 2. The second-order valence-corrected chi connectivity index (χ2v) is 7.66. The van der Waals surface area contributed by atoms with Gasteiger partial charge in [0.15, 0.2) is 5.13 Å². The van der Waals surface area contributed by atoms with Crippen LogP contribution in [0.2, 0.25) is 0 Å². The molecule has 0 saturated carbocycles. The molecular formula is C22H21N3O2S. The predicted molar refractivity (Wildman–Crippen MR) is 115 cm³/mol. The number of anilines is 2. The number of nitrogens with zero attached hydrogens (tertiary/aromatic N) is 2. The van der Waals surface area contributed by atoms with E-state index in [9.17, 15) is 0 Å². The molecule has 6 heteroatoms. The van der Waals surface area contributed by atoms with Crippen LogP contribution in [-0.4, -0.2) is 23.2 Å². The molecule has 142 valence electrons. The third-order valence-corrected chi connectivity index (χ3v) is 5.08. The SMILES string of the molecule is COc1cncc(-c2ccc3nc(Nc4ccc(OC(C)C)cc4)sc3c2)c1. The van der Waals surface area contributed by atoms with Gasteiger partial charge in [-0.25, -0.2) is 4.98 Å². The number of aromatic nitrogens is 2. The third kappa shape index (κ3) is 4.07. The van der Waals surface area contributed by atoms with Crippen LogP contribution in [0.4, 0.5) is 10.8 Å². The second-order valence-electron chi connectivity index (χ2n) is 6.63. The summed E-state index contributed by atoms with van der Waals surface area (Å²) in [6.45, 7) is 4.03. The van der Waals surface area contributed by atoms with Gasteiger partial charge in [-0.15, -0.1) is 0 Å². The number of methoxy groups -OCH3 is 1. The number of hydrogen-bond acceptors (Lipinski definition) is 6. The van der Waals surface area contributed by atoms with Crippen molar-refractivity contribution in [1.82, 2.24) is 9.97 Å². The molecule has 0 fully saturated rings. The standard InChI is InChI=1S/C22H21N3O2S/c1-14(2)27-18-7-5-17(6-8-18)24-22-25-20-9-4-15(11-21(20)28-22)16-10-19(26-3)13-23-12-16/h4-14H,1-3H3,(H,24,25). The zero-order valence-corrected chi connectivity index (χ0v) is 16.8. The smallest absolute Gasteiger partial charge is 0.188 e. The number of rotatable bonds is 6.